The average Bonchev–Trinajstić information content (AvgIpc) is 3.34. The van der Waals surface area contributed by atoms with Gasteiger partial charge in [-0.2, -0.15) is 11.8 Å². The van der Waals surface area contributed by atoms with Crippen molar-refractivity contribution in [1.82, 2.24) is 14.8 Å². The standard InChI is InChI=1S/C25H37N3O3S/c1-3-15-32-16-9-13-28-23(29)21-17-22-20(12-14-31-22)27(21)18-25(28,2)24(30)26-19-10-7-5-4-6-8-11-19/h12,14,17,19H,3-11,13,15-16,18H2,1-2H3,(H,26,30)/t25-/m1/s1. The van der Waals surface area contributed by atoms with E-state index in [-0.39, 0.29) is 17.9 Å². The van der Waals surface area contributed by atoms with E-state index in [9.17, 15) is 9.59 Å². The molecule has 0 aromatic carbocycles. The van der Waals surface area contributed by atoms with Crippen molar-refractivity contribution in [2.24, 2.45) is 0 Å². The number of nitrogens with zero attached hydrogens (tertiary/aromatic N) is 2. The van der Waals surface area contributed by atoms with Crippen molar-refractivity contribution in [2.45, 2.75) is 89.8 Å². The Labute approximate surface area is 195 Å². The normalized spacial score (nSPS) is 22.6. The van der Waals surface area contributed by atoms with E-state index in [4.69, 9.17) is 4.42 Å². The van der Waals surface area contributed by atoms with Crippen molar-refractivity contribution >= 4 is 34.7 Å². The molecule has 0 saturated heterocycles. The van der Waals surface area contributed by atoms with Gasteiger partial charge in [0.05, 0.1) is 18.3 Å². The van der Waals surface area contributed by atoms with Gasteiger partial charge in [-0.1, -0.05) is 39.0 Å². The first-order valence-corrected chi connectivity index (χ1v) is 13.5. The molecule has 1 fully saturated rings. The van der Waals surface area contributed by atoms with Gasteiger partial charge in [-0.3, -0.25) is 9.59 Å². The Morgan fingerprint density at radius 3 is 2.72 bits per heavy atom. The van der Waals surface area contributed by atoms with Crippen LogP contribution in [0.3, 0.4) is 0 Å². The Bertz CT molecular complexity index is 928. The Hall–Kier alpha value is -1.89. The zero-order valence-corrected chi connectivity index (χ0v) is 20.3. The third-order valence-electron chi connectivity index (χ3n) is 7.00. The molecule has 7 heteroatoms. The number of carbonyl (C=O) groups excluding carboxylic acids is 2. The summed E-state index contributed by atoms with van der Waals surface area (Å²) in [6.07, 6.45) is 11.9. The van der Waals surface area contributed by atoms with E-state index in [1.165, 1.54) is 19.3 Å². The maximum Gasteiger partial charge on any atom is 0.271 e. The molecule has 176 valence electrons. The van der Waals surface area contributed by atoms with E-state index >= 15 is 0 Å². The van der Waals surface area contributed by atoms with Crippen molar-refractivity contribution in [2.75, 3.05) is 18.1 Å². The van der Waals surface area contributed by atoms with Gasteiger partial charge < -0.3 is 19.2 Å². The summed E-state index contributed by atoms with van der Waals surface area (Å²) in [6, 6.07) is 3.91. The van der Waals surface area contributed by atoms with Gasteiger partial charge in [-0.25, -0.2) is 0 Å². The first-order valence-electron chi connectivity index (χ1n) is 12.3. The van der Waals surface area contributed by atoms with Crippen LogP contribution in [-0.4, -0.2) is 50.9 Å². The van der Waals surface area contributed by atoms with Crippen LogP contribution in [0.2, 0.25) is 0 Å². The molecule has 0 spiro atoms. The number of nitrogens with one attached hydrogen (secondary N) is 1. The van der Waals surface area contributed by atoms with Gasteiger partial charge in [-0.05, 0) is 44.1 Å². The molecule has 2 aromatic heterocycles. The molecule has 1 N–H and O–H groups in total. The van der Waals surface area contributed by atoms with E-state index < -0.39 is 5.54 Å². The molecule has 0 bridgehead atoms. The molecule has 4 rings (SSSR count). The Balaban J connectivity index is 1.56. The number of hydrogen-bond donors (Lipinski definition) is 1. The van der Waals surface area contributed by atoms with E-state index in [2.05, 4.69) is 12.2 Å². The monoisotopic (exact) mass is 459 g/mol. The minimum Gasteiger partial charge on any atom is -0.463 e. The number of amides is 2. The SMILES string of the molecule is CCCSCCCN1C(=O)c2cc3occc3n2C[C@]1(C)C(=O)NC1CCCCCCC1. The van der Waals surface area contributed by atoms with Crippen LogP contribution < -0.4 is 5.32 Å². The summed E-state index contributed by atoms with van der Waals surface area (Å²) in [5.41, 5.74) is 1.30. The summed E-state index contributed by atoms with van der Waals surface area (Å²) in [5.74, 6) is 2.04. The molecule has 1 saturated carbocycles. The van der Waals surface area contributed by atoms with Gasteiger partial charge in [0.1, 0.15) is 11.2 Å². The molecule has 2 aromatic rings. The minimum atomic E-state index is -0.912. The highest BCUT2D eigenvalue weighted by molar-refractivity contribution is 7.99. The van der Waals surface area contributed by atoms with E-state index in [0.717, 1.165) is 55.5 Å². The number of aromatic nitrogens is 1. The number of fused-ring (bicyclic) bond motifs is 3. The van der Waals surface area contributed by atoms with Crippen LogP contribution in [0.15, 0.2) is 22.8 Å². The maximum absolute atomic E-state index is 13.7. The van der Waals surface area contributed by atoms with Crippen molar-refractivity contribution in [3.05, 3.63) is 24.1 Å². The second-order valence-corrected chi connectivity index (χ2v) is 10.7. The lowest BCUT2D eigenvalue weighted by Gasteiger charge is -2.44. The molecule has 1 aliphatic heterocycles. The fourth-order valence-corrected chi connectivity index (χ4v) is 5.96. The van der Waals surface area contributed by atoms with Crippen LogP contribution >= 0.6 is 11.8 Å². The van der Waals surface area contributed by atoms with Crippen LogP contribution in [0.5, 0.6) is 0 Å². The second kappa shape index (κ2) is 10.4. The molecule has 2 aliphatic rings. The third-order valence-corrected chi connectivity index (χ3v) is 8.27. The van der Waals surface area contributed by atoms with E-state index in [1.807, 2.05) is 40.3 Å². The number of rotatable bonds is 8. The van der Waals surface area contributed by atoms with Crippen LogP contribution in [0, 0.1) is 0 Å². The predicted molar refractivity (Wildman–Crippen MR) is 130 cm³/mol. The summed E-state index contributed by atoms with van der Waals surface area (Å²) >= 11 is 1.92. The molecule has 1 aliphatic carbocycles. The summed E-state index contributed by atoms with van der Waals surface area (Å²) < 4.78 is 7.53. The lowest BCUT2D eigenvalue weighted by molar-refractivity contribution is -0.133. The van der Waals surface area contributed by atoms with Gasteiger partial charge in [0.2, 0.25) is 5.91 Å². The van der Waals surface area contributed by atoms with E-state index in [1.54, 1.807) is 6.26 Å². The molecule has 2 amide bonds. The molecule has 0 unspecified atom stereocenters. The number of hydrogen-bond acceptors (Lipinski definition) is 4. The fourth-order valence-electron chi connectivity index (χ4n) is 5.14. The van der Waals surface area contributed by atoms with Crippen LogP contribution in [0.25, 0.3) is 11.1 Å². The zero-order valence-electron chi connectivity index (χ0n) is 19.5. The first-order chi connectivity index (χ1) is 15.5. The molecule has 6 nitrogen and oxygen atoms in total. The Kier molecular flexibility index (Phi) is 7.54. The molecular formula is C25H37N3O3S. The highest BCUT2D eigenvalue weighted by atomic mass is 32.2. The second-order valence-electron chi connectivity index (χ2n) is 9.50. The quantitative estimate of drug-likeness (QED) is 0.550. The average molecular weight is 460 g/mol. The van der Waals surface area contributed by atoms with Gasteiger partial charge >= 0.3 is 0 Å². The van der Waals surface area contributed by atoms with Gasteiger partial charge in [0.15, 0.2) is 5.58 Å². The minimum absolute atomic E-state index is 0.0198. The lowest BCUT2D eigenvalue weighted by Crippen LogP contribution is -2.65. The zero-order chi connectivity index (χ0) is 22.6. The van der Waals surface area contributed by atoms with Crippen LogP contribution in [-0.2, 0) is 11.3 Å². The third kappa shape index (κ3) is 4.73. The van der Waals surface area contributed by atoms with Gasteiger partial charge in [-0.15, -0.1) is 0 Å². The molecule has 0 radical (unpaired) electrons. The first kappa shape index (κ1) is 23.3. The van der Waals surface area contributed by atoms with Crippen molar-refractivity contribution in [3.63, 3.8) is 0 Å². The Morgan fingerprint density at radius 2 is 1.97 bits per heavy atom. The van der Waals surface area contributed by atoms with E-state index in [0.29, 0.717) is 24.4 Å². The van der Waals surface area contributed by atoms with Crippen molar-refractivity contribution in [3.8, 4) is 0 Å². The highest BCUT2D eigenvalue weighted by Crippen LogP contribution is 2.33. The van der Waals surface area contributed by atoms with Gasteiger partial charge in [0, 0.05) is 24.7 Å². The molecule has 1 atom stereocenters. The summed E-state index contributed by atoms with van der Waals surface area (Å²) in [5, 5.41) is 3.35. The number of furan rings is 1. The van der Waals surface area contributed by atoms with Crippen molar-refractivity contribution in [1.29, 1.82) is 0 Å². The molecule has 32 heavy (non-hydrogen) atoms. The topological polar surface area (TPSA) is 67.5 Å². The number of thioether (sulfide) groups is 1. The van der Waals surface area contributed by atoms with Crippen LogP contribution in [0.1, 0.15) is 82.1 Å². The fraction of sp³-hybridized carbons (Fsp3) is 0.680. The lowest BCUT2D eigenvalue weighted by atomic mass is 9.92. The predicted octanol–water partition coefficient (Wildman–Crippen LogP) is 5.21. The smallest absolute Gasteiger partial charge is 0.271 e. The molecular weight excluding hydrogens is 422 g/mol. The van der Waals surface area contributed by atoms with Crippen LogP contribution in [0.4, 0.5) is 0 Å². The Morgan fingerprint density at radius 1 is 1.22 bits per heavy atom. The number of carbonyl (C=O) groups is 2. The maximum atomic E-state index is 13.7. The highest BCUT2D eigenvalue weighted by Gasteiger charge is 2.48. The summed E-state index contributed by atoms with van der Waals surface area (Å²) in [7, 11) is 0. The van der Waals surface area contributed by atoms with Crippen molar-refractivity contribution < 1.29 is 14.0 Å². The summed E-state index contributed by atoms with van der Waals surface area (Å²) in [4.78, 5) is 29.2. The largest absolute Gasteiger partial charge is 0.463 e. The summed E-state index contributed by atoms with van der Waals surface area (Å²) in [6.45, 7) is 5.17. The molecule has 3 heterocycles. The van der Waals surface area contributed by atoms with Gasteiger partial charge in [0.25, 0.3) is 5.91 Å².